The lowest BCUT2D eigenvalue weighted by atomic mass is 9.99. The van der Waals surface area contributed by atoms with E-state index in [-0.39, 0.29) is 41.8 Å². The van der Waals surface area contributed by atoms with Crippen LogP contribution in [-0.4, -0.2) is 57.3 Å². The van der Waals surface area contributed by atoms with Gasteiger partial charge < -0.3 is 14.8 Å². The van der Waals surface area contributed by atoms with Crippen molar-refractivity contribution >= 4 is 29.7 Å². The summed E-state index contributed by atoms with van der Waals surface area (Å²) < 4.78 is 11.3. The van der Waals surface area contributed by atoms with Gasteiger partial charge in [-0.25, -0.2) is 4.79 Å². The van der Waals surface area contributed by atoms with Gasteiger partial charge in [0, 0.05) is 17.6 Å². The molecule has 2 heterocycles. The van der Waals surface area contributed by atoms with Crippen LogP contribution in [0.1, 0.15) is 59.4 Å². The Morgan fingerprint density at radius 1 is 1.24 bits per heavy atom. The lowest BCUT2D eigenvalue weighted by molar-refractivity contribution is -0.147. The molecular formula is C25H34N2O5S. The third kappa shape index (κ3) is 4.59. The van der Waals surface area contributed by atoms with Crippen molar-refractivity contribution in [1.82, 2.24) is 10.2 Å². The highest BCUT2D eigenvalue weighted by atomic mass is 32.2. The van der Waals surface area contributed by atoms with E-state index in [4.69, 9.17) is 9.47 Å². The number of amides is 2. The molecular weight excluding hydrogens is 440 g/mol. The van der Waals surface area contributed by atoms with Gasteiger partial charge >= 0.3 is 12.1 Å². The molecule has 2 saturated heterocycles. The molecule has 3 aliphatic rings. The highest BCUT2D eigenvalue weighted by Gasteiger charge is 2.67. The van der Waals surface area contributed by atoms with E-state index >= 15 is 0 Å². The number of carbonyl (C=O) groups excluding carboxylic acids is 3. The first kappa shape index (κ1) is 23.9. The Morgan fingerprint density at radius 3 is 2.52 bits per heavy atom. The summed E-state index contributed by atoms with van der Waals surface area (Å²) in [6, 6.07) is 9.06. The molecule has 1 aromatic rings. The average molecular weight is 475 g/mol. The first-order valence-electron chi connectivity index (χ1n) is 11.7. The molecule has 1 aliphatic carbocycles. The number of carbonyl (C=O) groups is 3. The van der Waals surface area contributed by atoms with Crippen molar-refractivity contribution in [3.63, 3.8) is 0 Å². The molecule has 1 aromatic carbocycles. The minimum atomic E-state index is -0.654. The number of nitrogens with zero attached hydrogens (tertiary/aromatic N) is 1. The van der Waals surface area contributed by atoms with E-state index in [2.05, 4.69) is 5.32 Å². The molecule has 0 bridgehead atoms. The van der Waals surface area contributed by atoms with E-state index in [0.29, 0.717) is 12.2 Å². The second-order valence-corrected chi connectivity index (χ2v) is 12.2. The topological polar surface area (TPSA) is 84.9 Å². The number of hydrogen-bond acceptors (Lipinski definition) is 6. The second-order valence-electron chi connectivity index (χ2n) is 10.6. The largest absolute Gasteiger partial charge is 0.460 e. The number of cyclic esters (lactones) is 1. The Kier molecular flexibility index (Phi) is 6.18. The Bertz CT molecular complexity index is 928. The maximum atomic E-state index is 13.4. The van der Waals surface area contributed by atoms with Gasteiger partial charge in [-0.05, 0) is 46.6 Å². The maximum absolute atomic E-state index is 13.4. The molecule has 0 radical (unpaired) electrons. The fourth-order valence-electron chi connectivity index (χ4n) is 5.14. The van der Waals surface area contributed by atoms with Gasteiger partial charge in [-0.1, -0.05) is 37.3 Å². The van der Waals surface area contributed by atoms with Crippen LogP contribution >= 0.6 is 11.8 Å². The zero-order chi connectivity index (χ0) is 24.1. The SMILES string of the molecule is CC[C@H](NC(=O)[C@@H]1CSC(C)(C)N1C(=O)OC(C)(C)C)[C@H]1OC(=O)[C@@H]2[C@@H](c3ccccc3)[C@H]12. The van der Waals surface area contributed by atoms with E-state index in [9.17, 15) is 14.4 Å². The van der Waals surface area contributed by atoms with Crippen LogP contribution in [0.5, 0.6) is 0 Å². The molecule has 0 unspecified atom stereocenters. The normalized spacial score (nSPS) is 30.9. The van der Waals surface area contributed by atoms with E-state index in [0.717, 1.165) is 5.56 Å². The number of fused-ring (bicyclic) bond motifs is 1. The summed E-state index contributed by atoms with van der Waals surface area (Å²) in [5, 5.41) is 3.11. The fourth-order valence-corrected chi connectivity index (χ4v) is 6.35. The maximum Gasteiger partial charge on any atom is 0.412 e. The third-order valence-electron chi connectivity index (χ3n) is 6.71. The Morgan fingerprint density at radius 2 is 1.91 bits per heavy atom. The zero-order valence-corrected chi connectivity index (χ0v) is 21.0. The number of thioether (sulfide) groups is 1. The predicted octanol–water partition coefficient (Wildman–Crippen LogP) is 3.93. The molecule has 8 heteroatoms. The van der Waals surface area contributed by atoms with Gasteiger partial charge in [0.2, 0.25) is 5.91 Å². The molecule has 6 atom stereocenters. The Hall–Kier alpha value is -2.22. The number of rotatable bonds is 5. The predicted molar refractivity (Wildman–Crippen MR) is 127 cm³/mol. The van der Waals surface area contributed by atoms with E-state index in [1.54, 1.807) is 16.7 Å². The second kappa shape index (κ2) is 8.53. The summed E-state index contributed by atoms with van der Waals surface area (Å²) >= 11 is 1.55. The van der Waals surface area contributed by atoms with Crippen molar-refractivity contribution in [2.45, 2.75) is 82.5 Å². The van der Waals surface area contributed by atoms with Crippen LogP contribution in [0.3, 0.4) is 0 Å². The Labute approximate surface area is 199 Å². The minimum absolute atomic E-state index is 0.0708. The molecule has 0 spiro atoms. The minimum Gasteiger partial charge on any atom is -0.460 e. The van der Waals surface area contributed by atoms with E-state index in [1.807, 2.05) is 71.9 Å². The van der Waals surface area contributed by atoms with Gasteiger partial charge in [0.1, 0.15) is 17.7 Å². The van der Waals surface area contributed by atoms with Crippen LogP contribution < -0.4 is 5.32 Å². The molecule has 2 aliphatic heterocycles. The Balaban J connectivity index is 1.47. The number of ether oxygens (including phenoxy) is 2. The van der Waals surface area contributed by atoms with E-state index < -0.39 is 22.6 Å². The number of esters is 1. The molecule has 4 rings (SSSR count). The highest BCUT2D eigenvalue weighted by molar-refractivity contribution is 8.00. The van der Waals surface area contributed by atoms with Gasteiger partial charge in [-0.3, -0.25) is 14.5 Å². The van der Waals surface area contributed by atoms with Gasteiger partial charge in [0.05, 0.1) is 16.8 Å². The van der Waals surface area contributed by atoms with Crippen LogP contribution in [0.2, 0.25) is 0 Å². The van der Waals surface area contributed by atoms with Crippen molar-refractivity contribution in [1.29, 1.82) is 0 Å². The molecule has 1 saturated carbocycles. The summed E-state index contributed by atoms with van der Waals surface area (Å²) in [6.07, 6.45) is -0.229. The summed E-state index contributed by atoms with van der Waals surface area (Å²) in [5.41, 5.74) is 0.485. The van der Waals surface area contributed by atoms with Gasteiger partial charge in [-0.15, -0.1) is 11.8 Å². The van der Waals surface area contributed by atoms with Crippen molar-refractivity contribution in [2.75, 3.05) is 5.75 Å². The van der Waals surface area contributed by atoms with Crippen molar-refractivity contribution < 1.29 is 23.9 Å². The smallest absolute Gasteiger partial charge is 0.412 e. The van der Waals surface area contributed by atoms with Crippen LogP contribution in [0, 0.1) is 11.8 Å². The van der Waals surface area contributed by atoms with Gasteiger partial charge in [-0.2, -0.15) is 0 Å². The average Bonchev–Trinajstić information content (AvgIpc) is 3.26. The van der Waals surface area contributed by atoms with Crippen LogP contribution in [0.25, 0.3) is 0 Å². The molecule has 7 nitrogen and oxygen atoms in total. The lowest BCUT2D eigenvalue weighted by Gasteiger charge is -2.36. The molecule has 1 N–H and O–H groups in total. The van der Waals surface area contributed by atoms with E-state index in [1.165, 1.54) is 0 Å². The first-order chi connectivity index (χ1) is 15.4. The number of hydrogen-bond donors (Lipinski definition) is 1. The highest BCUT2D eigenvalue weighted by Crippen LogP contribution is 2.61. The quantitative estimate of drug-likeness (QED) is 0.651. The number of benzene rings is 1. The van der Waals surface area contributed by atoms with Crippen LogP contribution in [0.15, 0.2) is 30.3 Å². The van der Waals surface area contributed by atoms with Crippen molar-refractivity contribution in [3.8, 4) is 0 Å². The first-order valence-corrected chi connectivity index (χ1v) is 12.6. The van der Waals surface area contributed by atoms with Crippen molar-refractivity contribution in [2.24, 2.45) is 11.8 Å². The molecule has 0 aromatic heterocycles. The van der Waals surface area contributed by atoms with Crippen molar-refractivity contribution in [3.05, 3.63) is 35.9 Å². The third-order valence-corrected chi connectivity index (χ3v) is 8.09. The molecule has 3 fully saturated rings. The molecule has 2 amide bonds. The van der Waals surface area contributed by atoms with Gasteiger partial charge in [0.25, 0.3) is 0 Å². The zero-order valence-electron chi connectivity index (χ0n) is 20.2. The fraction of sp³-hybridized carbons (Fsp3) is 0.640. The van der Waals surface area contributed by atoms with Gasteiger partial charge in [0.15, 0.2) is 0 Å². The van der Waals surface area contributed by atoms with Crippen LogP contribution in [-0.2, 0) is 19.1 Å². The lowest BCUT2D eigenvalue weighted by Crippen LogP contribution is -2.57. The standard InChI is InChI=1S/C25H34N2O5S/c1-7-15(20-18-17(19(18)22(29)31-20)14-11-9-8-10-12-14)26-21(28)16-13-33-25(5,6)27(16)23(30)32-24(2,3)4/h8-12,15-20H,7,13H2,1-6H3,(H,26,28)/t15-,16-,17-,18-,19+,20+/m0/s1. The van der Waals surface area contributed by atoms with Crippen LogP contribution in [0.4, 0.5) is 4.79 Å². The molecule has 33 heavy (non-hydrogen) atoms. The summed E-state index contributed by atoms with van der Waals surface area (Å²) in [7, 11) is 0. The summed E-state index contributed by atoms with van der Waals surface area (Å²) in [4.78, 5) is 39.8. The summed E-state index contributed by atoms with van der Waals surface area (Å²) in [5.74, 6) is 0.144. The monoisotopic (exact) mass is 474 g/mol. The number of nitrogens with one attached hydrogen (secondary N) is 1. The molecule has 180 valence electrons. The summed E-state index contributed by atoms with van der Waals surface area (Å²) in [6.45, 7) is 11.3.